The van der Waals surface area contributed by atoms with Crippen molar-refractivity contribution in [1.29, 1.82) is 0 Å². The van der Waals surface area contributed by atoms with Crippen molar-refractivity contribution in [3.8, 4) is 5.75 Å². The van der Waals surface area contributed by atoms with Gasteiger partial charge in [-0.1, -0.05) is 32.9 Å². The van der Waals surface area contributed by atoms with Crippen molar-refractivity contribution in [3.63, 3.8) is 0 Å². The molecule has 1 aliphatic rings. The Bertz CT molecular complexity index is 924. The van der Waals surface area contributed by atoms with Crippen molar-refractivity contribution in [3.05, 3.63) is 29.8 Å². The Morgan fingerprint density at radius 2 is 1.86 bits per heavy atom. The Kier molecular flexibility index (Phi) is 10.9. The van der Waals surface area contributed by atoms with E-state index in [4.69, 9.17) is 15.2 Å². The molecular formula is C27H44N4O6. The lowest BCUT2D eigenvalue weighted by Crippen LogP contribution is -2.68. The molecule has 1 aromatic carbocycles. The Morgan fingerprint density at radius 1 is 1.22 bits per heavy atom. The minimum atomic E-state index is -2.34. The number of carbonyl (C=O) groups excluding carboxylic acids is 3. The molecule has 1 saturated heterocycles. The van der Waals surface area contributed by atoms with Crippen molar-refractivity contribution in [1.82, 2.24) is 15.5 Å². The largest absolute Gasteiger partial charge is 0.497 e. The van der Waals surface area contributed by atoms with Crippen LogP contribution in [0.25, 0.3) is 0 Å². The third-order valence-corrected chi connectivity index (χ3v) is 6.71. The average Bonchev–Trinajstić information content (AvgIpc) is 3.27. The molecule has 1 heterocycles. The van der Waals surface area contributed by atoms with E-state index in [0.717, 1.165) is 6.42 Å². The Hall–Kier alpha value is -2.69. The summed E-state index contributed by atoms with van der Waals surface area (Å²) in [5, 5.41) is 17.1. The summed E-state index contributed by atoms with van der Waals surface area (Å²) in [6.07, 6.45) is 0.925. The third kappa shape index (κ3) is 7.66. The maximum absolute atomic E-state index is 13.9. The molecule has 10 heteroatoms. The Labute approximate surface area is 220 Å². The van der Waals surface area contributed by atoms with Crippen LogP contribution in [-0.4, -0.2) is 77.9 Å². The first-order chi connectivity index (χ1) is 17.4. The second-order valence-electron chi connectivity index (χ2n) is 10.4. The van der Waals surface area contributed by atoms with E-state index >= 15 is 0 Å². The van der Waals surface area contributed by atoms with Crippen LogP contribution in [0.15, 0.2) is 24.3 Å². The van der Waals surface area contributed by atoms with Crippen molar-refractivity contribution in [2.45, 2.75) is 83.7 Å². The van der Waals surface area contributed by atoms with Gasteiger partial charge in [0.25, 0.3) is 5.91 Å². The van der Waals surface area contributed by atoms with E-state index in [0.29, 0.717) is 37.3 Å². The number of hydrogen-bond donors (Lipinski definition) is 4. The summed E-state index contributed by atoms with van der Waals surface area (Å²) in [5.41, 5.74) is 3.24. The highest BCUT2D eigenvalue weighted by atomic mass is 16.5. The highest BCUT2D eigenvalue weighted by Crippen LogP contribution is 2.32. The van der Waals surface area contributed by atoms with Crippen LogP contribution in [0.3, 0.4) is 0 Å². The summed E-state index contributed by atoms with van der Waals surface area (Å²) >= 11 is 0. The fourth-order valence-corrected chi connectivity index (χ4v) is 4.34. The standard InChI is InChI=1S/C27H44N4O6/c1-7-14-29-24(33)26(5)13-8-15-31(26)25(34)27(35,16-20-9-11-21(36-6)12-10-20)30-23(32)22(28)19(4)37-17-18(2)3/h9-12,18-19,22,35H,7-8,13-17,28H2,1-6H3,(H,29,33)(H,30,32)/t19-,22+,26+,27?/m1/s1. The summed E-state index contributed by atoms with van der Waals surface area (Å²) in [6, 6.07) is 5.69. The topological polar surface area (TPSA) is 143 Å². The van der Waals surface area contributed by atoms with Crippen LogP contribution in [0, 0.1) is 5.92 Å². The zero-order valence-corrected chi connectivity index (χ0v) is 23.0. The highest BCUT2D eigenvalue weighted by molar-refractivity contribution is 5.97. The van der Waals surface area contributed by atoms with Gasteiger partial charge in [0.1, 0.15) is 17.3 Å². The molecule has 0 radical (unpaired) electrons. The second-order valence-corrected chi connectivity index (χ2v) is 10.4. The SMILES string of the molecule is CCCNC(=O)[C@]1(C)CCCN1C(=O)C(O)(Cc1ccc(OC)cc1)NC(=O)[C@@H](N)[C@@H](C)OCC(C)C. The molecule has 0 spiro atoms. The number of nitrogens with two attached hydrogens (primary N) is 1. The van der Waals surface area contributed by atoms with E-state index in [2.05, 4.69) is 10.6 Å². The summed E-state index contributed by atoms with van der Waals surface area (Å²) in [6.45, 7) is 10.4. The maximum Gasteiger partial charge on any atom is 0.277 e. The fourth-order valence-electron chi connectivity index (χ4n) is 4.34. The van der Waals surface area contributed by atoms with Gasteiger partial charge in [0.05, 0.1) is 13.2 Å². The number of carbonyl (C=O) groups is 3. The Morgan fingerprint density at radius 3 is 2.43 bits per heavy atom. The zero-order chi connectivity index (χ0) is 27.8. The first-order valence-corrected chi connectivity index (χ1v) is 13.0. The van der Waals surface area contributed by atoms with Gasteiger partial charge in [-0.25, -0.2) is 0 Å². The molecule has 3 amide bonds. The fraction of sp³-hybridized carbons (Fsp3) is 0.667. The predicted molar refractivity (Wildman–Crippen MR) is 141 cm³/mol. The second kappa shape index (κ2) is 13.2. The van der Waals surface area contributed by atoms with Gasteiger partial charge >= 0.3 is 0 Å². The number of nitrogens with one attached hydrogen (secondary N) is 2. The van der Waals surface area contributed by atoms with E-state index in [1.54, 1.807) is 38.1 Å². The lowest BCUT2D eigenvalue weighted by atomic mass is 9.94. The van der Waals surface area contributed by atoms with E-state index in [1.165, 1.54) is 12.0 Å². The van der Waals surface area contributed by atoms with Gasteiger partial charge < -0.3 is 35.8 Å². The van der Waals surface area contributed by atoms with Crippen LogP contribution in [0.4, 0.5) is 0 Å². The van der Waals surface area contributed by atoms with Crippen molar-refractivity contribution >= 4 is 17.7 Å². The molecule has 1 aromatic rings. The molecule has 10 nitrogen and oxygen atoms in total. The quantitative estimate of drug-likeness (QED) is 0.287. The number of benzene rings is 1. The highest BCUT2D eigenvalue weighted by Gasteiger charge is 2.52. The van der Waals surface area contributed by atoms with E-state index in [1.807, 2.05) is 20.8 Å². The van der Waals surface area contributed by atoms with Crippen molar-refractivity contribution in [2.75, 3.05) is 26.8 Å². The number of hydrogen-bond acceptors (Lipinski definition) is 7. The number of rotatable bonds is 13. The molecule has 0 bridgehead atoms. The average molecular weight is 521 g/mol. The van der Waals surface area contributed by atoms with Crippen molar-refractivity contribution in [2.24, 2.45) is 11.7 Å². The van der Waals surface area contributed by atoms with Gasteiger partial charge in [-0.3, -0.25) is 14.4 Å². The first-order valence-electron chi connectivity index (χ1n) is 13.0. The van der Waals surface area contributed by atoms with Crippen LogP contribution in [-0.2, 0) is 25.5 Å². The molecule has 2 rings (SSSR count). The molecule has 208 valence electrons. The molecule has 4 atom stereocenters. The molecule has 1 aliphatic heterocycles. The first kappa shape index (κ1) is 30.5. The minimum absolute atomic E-state index is 0.224. The van der Waals surface area contributed by atoms with E-state index < -0.39 is 35.2 Å². The smallest absolute Gasteiger partial charge is 0.277 e. The van der Waals surface area contributed by atoms with Gasteiger partial charge in [0.15, 0.2) is 0 Å². The lowest BCUT2D eigenvalue weighted by molar-refractivity contribution is -0.165. The molecular weight excluding hydrogens is 476 g/mol. The summed E-state index contributed by atoms with van der Waals surface area (Å²) in [5.74, 6) is -0.910. The molecule has 37 heavy (non-hydrogen) atoms. The number of nitrogens with zero attached hydrogens (tertiary/aromatic N) is 1. The van der Waals surface area contributed by atoms with Gasteiger partial charge in [0, 0.05) is 26.1 Å². The van der Waals surface area contributed by atoms with Crippen LogP contribution < -0.4 is 21.1 Å². The number of likely N-dealkylation sites (tertiary alicyclic amines) is 1. The third-order valence-electron chi connectivity index (χ3n) is 6.71. The normalized spacial score (nSPS) is 20.7. The number of ether oxygens (including phenoxy) is 2. The Balaban J connectivity index is 2.35. The molecule has 1 fully saturated rings. The predicted octanol–water partition coefficient (Wildman–Crippen LogP) is 1.34. The van der Waals surface area contributed by atoms with Crippen LogP contribution in [0.2, 0.25) is 0 Å². The summed E-state index contributed by atoms with van der Waals surface area (Å²) in [7, 11) is 1.54. The number of amides is 3. The van der Waals surface area contributed by atoms with Gasteiger partial charge in [-0.05, 0) is 56.7 Å². The molecule has 5 N–H and O–H groups in total. The van der Waals surface area contributed by atoms with E-state index in [9.17, 15) is 19.5 Å². The number of methoxy groups -OCH3 is 1. The van der Waals surface area contributed by atoms with Gasteiger partial charge in [-0.2, -0.15) is 0 Å². The van der Waals surface area contributed by atoms with Crippen LogP contribution >= 0.6 is 0 Å². The van der Waals surface area contributed by atoms with E-state index in [-0.39, 0.29) is 24.8 Å². The monoisotopic (exact) mass is 520 g/mol. The summed E-state index contributed by atoms with van der Waals surface area (Å²) in [4.78, 5) is 41.4. The van der Waals surface area contributed by atoms with Gasteiger partial charge in [0.2, 0.25) is 17.5 Å². The lowest BCUT2D eigenvalue weighted by Gasteiger charge is -2.40. The summed E-state index contributed by atoms with van der Waals surface area (Å²) < 4.78 is 10.9. The molecule has 1 unspecified atom stereocenters. The van der Waals surface area contributed by atoms with Crippen LogP contribution in [0.1, 0.15) is 59.4 Å². The minimum Gasteiger partial charge on any atom is -0.497 e. The number of aliphatic hydroxyl groups is 1. The zero-order valence-electron chi connectivity index (χ0n) is 23.0. The maximum atomic E-state index is 13.9. The molecule has 0 saturated carbocycles. The van der Waals surface area contributed by atoms with Crippen molar-refractivity contribution < 1.29 is 29.0 Å². The molecule has 0 aliphatic carbocycles. The van der Waals surface area contributed by atoms with Crippen LogP contribution in [0.5, 0.6) is 5.75 Å². The van der Waals surface area contributed by atoms with Gasteiger partial charge in [-0.15, -0.1) is 0 Å². The molecule has 0 aromatic heterocycles.